The molecule has 1 aliphatic rings. The molecule has 0 radical (unpaired) electrons. The van der Waals surface area contributed by atoms with Crippen molar-refractivity contribution in [2.45, 2.75) is 19.4 Å². The van der Waals surface area contributed by atoms with Gasteiger partial charge in [-0.2, -0.15) is 5.10 Å². The maximum absolute atomic E-state index is 13.3. The first-order valence-corrected chi connectivity index (χ1v) is 9.31. The molecule has 1 aromatic carbocycles. The van der Waals surface area contributed by atoms with Gasteiger partial charge in [0, 0.05) is 61.9 Å². The molecule has 0 bridgehead atoms. The molecular formula is C20H23FN6. The van der Waals surface area contributed by atoms with Crippen LogP contribution in [-0.4, -0.2) is 51.2 Å². The summed E-state index contributed by atoms with van der Waals surface area (Å²) < 4.78 is 13.3. The number of nitrogens with one attached hydrogen (secondary N) is 1. The van der Waals surface area contributed by atoms with Gasteiger partial charge in [-0.25, -0.2) is 9.37 Å². The summed E-state index contributed by atoms with van der Waals surface area (Å²) in [4.78, 5) is 13.9. The fourth-order valence-electron chi connectivity index (χ4n) is 3.77. The summed E-state index contributed by atoms with van der Waals surface area (Å²) in [6.45, 7) is 5.86. The molecule has 0 spiro atoms. The van der Waals surface area contributed by atoms with E-state index in [0.29, 0.717) is 6.04 Å². The minimum absolute atomic E-state index is 0.248. The summed E-state index contributed by atoms with van der Waals surface area (Å²) in [5, 5.41) is 7.01. The normalized spacial score (nSPS) is 16.4. The van der Waals surface area contributed by atoms with Crippen LogP contribution in [-0.2, 0) is 0 Å². The van der Waals surface area contributed by atoms with Crippen molar-refractivity contribution in [3.05, 3.63) is 60.4 Å². The molecule has 1 atom stereocenters. The second kappa shape index (κ2) is 7.84. The monoisotopic (exact) mass is 366 g/mol. The molecule has 1 N–H and O–H groups in total. The zero-order valence-corrected chi connectivity index (χ0v) is 15.3. The van der Waals surface area contributed by atoms with Gasteiger partial charge in [0.1, 0.15) is 11.5 Å². The number of hydrogen-bond donors (Lipinski definition) is 1. The number of hydrogen-bond acceptors (Lipinski definition) is 5. The van der Waals surface area contributed by atoms with Gasteiger partial charge in [0.15, 0.2) is 5.82 Å². The third kappa shape index (κ3) is 3.68. The Balaban J connectivity index is 1.51. The van der Waals surface area contributed by atoms with E-state index in [4.69, 9.17) is 0 Å². The first-order chi connectivity index (χ1) is 13.3. The number of nitrogens with zero attached hydrogens (tertiary/aromatic N) is 5. The lowest BCUT2D eigenvalue weighted by Gasteiger charge is -2.39. The van der Waals surface area contributed by atoms with E-state index in [-0.39, 0.29) is 5.82 Å². The molecule has 140 valence electrons. The lowest BCUT2D eigenvalue weighted by atomic mass is 10.1. The van der Waals surface area contributed by atoms with Crippen LogP contribution in [0.15, 0.2) is 49.1 Å². The Labute approximate surface area is 158 Å². The van der Waals surface area contributed by atoms with Gasteiger partial charge in [-0.3, -0.25) is 15.0 Å². The summed E-state index contributed by atoms with van der Waals surface area (Å²) in [6.07, 6.45) is 8.34. The van der Waals surface area contributed by atoms with Crippen LogP contribution < -0.4 is 4.90 Å². The summed E-state index contributed by atoms with van der Waals surface area (Å²) in [7, 11) is 0. The third-order valence-corrected chi connectivity index (χ3v) is 5.14. The van der Waals surface area contributed by atoms with Gasteiger partial charge in [0.2, 0.25) is 0 Å². The lowest BCUT2D eigenvalue weighted by molar-refractivity contribution is 0.181. The van der Waals surface area contributed by atoms with Crippen molar-refractivity contribution in [2.24, 2.45) is 0 Å². The number of aromatic nitrogens is 4. The number of benzene rings is 1. The van der Waals surface area contributed by atoms with Crippen molar-refractivity contribution in [1.29, 1.82) is 0 Å². The topological polar surface area (TPSA) is 60.9 Å². The largest absolute Gasteiger partial charge is 0.352 e. The van der Waals surface area contributed by atoms with Crippen LogP contribution in [0.25, 0.3) is 11.3 Å². The molecule has 0 amide bonds. The van der Waals surface area contributed by atoms with Crippen LogP contribution in [0, 0.1) is 5.82 Å². The zero-order chi connectivity index (χ0) is 18.6. The average molecular weight is 366 g/mol. The highest BCUT2D eigenvalue weighted by Crippen LogP contribution is 2.29. The van der Waals surface area contributed by atoms with Crippen molar-refractivity contribution in [3.63, 3.8) is 0 Å². The Kier molecular flexibility index (Phi) is 5.11. The fraction of sp³-hybridized carbons (Fsp3) is 0.350. The predicted octanol–water partition coefficient (Wildman–Crippen LogP) is 3.28. The van der Waals surface area contributed by atoms with Crippen molar-refractivity contribution >= 4 is 5.82 Å². The first-order valence-electron chi connectivity index (χ1n) is 9.31. The number of piperazine rings is 1. The van der Waals surface area contributed by atoms with Crippen LogP contribution in [0.3, 0.4) is 0 Å². The Morgan fingerprint density at radius 2 is 1.81 bits per heavy atom. The second-order valence-corrected chi connectivity index (χ2v) is 6.71. The van der Waals surface area contributed by atoms with Crippen LogP contribution in [0.1, 0.15) is 24.9 Å². The van der Waals surface area contributed by atoms with Gasteiger partial charge in [0.25, 0.3) is 0 Å². The molecule has 1 saturated heterocycles. The van der Waals surface area contributed by atoms with Crippen LogP contribution in [0.4, 0.5) is 10.2 Å². The highest BCUT2D eigenvalue weighted by Gasteiger charge is 2.26. The van der Waals surface area contributed by atoms with Gasteiger partial charge in [-0.15, -0.1) is 0 Å². The van der Waals surface area contributed by atoms with E-state index >= 15 is 0 Å². The molecule has 3 heterocycles. The molecule has 4 rings (SSSR count). The highest BCUT2D eigenvalue weighted by atomic mass is 19.1. The lowest BCUT2D eigenvalue weighted by Crippen LogP contribution is -2.48. The second-order valence-electron chi connectivity index (χ2n) is 6.71. The van der Waals surface area contributed by atoms with Crippen LogP contribution in [0.5, 0.6) is 0 Å². The molecule has 0 saturated carbocycles. The van der Waals surface area contributed by atoms with Gasteiger partial charge in [-0.1, -0.05) is 6.92 Å². The maximum Gasteiger partial charge on any atom is 0.155 e. The van der Waals surface area contributed by atoms with Gasteiger partial charge < -0.3 is 4.90 Å². The third-order valence-electron chi connectivity index (χ3n) is 5.14. The van der Waals surface area contributed by atoms with Gasteiger partial charge in [0.05, 0.1) is 6.20 Å². The van der Waals surface area contributed by atoms with Crippen molar-refractivity contribution in [1.82, 2.24) is 25.1 Å². The summed E-state index contributed by atoms with van der Waals surface area (Å²) in [5.41, 5.74) is 2.91. The smallest absolute Gasteiger partial charge is 0.155 e. The quantitative estimate of drug-likeness (QED) is 0.751. The van der Waals surface area contributed by atoms with Crippen molar-refractivity contribution in [2.75, 3.05) is 31.1 Å². The predicted molar refractivity (Wildman–Crippen MR) is 103 cm³/mol. The van der Waals surface area contributed by atoms with E-state index in [1.807, 2.05) is 12.4 Å². The number of H-pyrrole nitrogens is 1. The summed E-state index contributed by atoms with van der Waals surface area (Å²) in [5.74, 6) is 0.614. The van der Waals surface area contributed by atoms with Crippen LogP contribution >= 0.6 is 0 Å². The molecule has 27 heavy (non-hydrogen) atoms. The minimum atomic E-state index is -0.248. The molecule has 3 aromatic rings. The fourth-order valence-corrected chi connectivity index (χ4v) is 3.77. The van der Waals surface area contributed by atoms with E-state index in [9.17, 15) is 4.39 Å². The summed E-state index contributed by atoms with van der Waals surface area (Å²) in [6, 6.07) is 6.81. The molecular weight excluding hydrogens is 343 g/mol. The van der Waals surface area contributed by atoms with E-state index in [1.54, 1.807) is 24.5 Å². The molecule has 2 aromatic heterocycles. The number of anilines is 1. The summed E-state index contributed by atoms with van der Waals surface area (Å²) >= 11 is 0. The number of halogens is 1. The molecule has 6 nitrogen and oxygen atoms in total. The van der Waals surface area contributed by atoms with Gasteiger partial charge >= 0.3 is 0 Å². The Hall–Kier alpha value is -2.80. The maximum atomic E-state index is 13.3. The molecule has 1 unspecified atom stereocenters. The Morgan fingerprint density at radius 1 is 1.07 bits per heavy atom. The van der Waals surface area contributed by atoms with E-state index in [2.05, 4.69) is 36.9 Å². The number of rotatable bonds is 5. The highest BCUT2D eigenvalue weighted by molar-refractivity contribution is 5.72. The SMILES string of the molecule is CCC(c1cn[nH]c1)N1CCN(c2nccnc2-c2ccc(F)cc2)CC1. The van der Waals surface area contributed by atoms with Gasteiger partial charge in [-0.05, 0) is 30.7 Å². The molecule has 1 fully saturated rings. The van der Waals surface area contributed by atoms with Crippen LogP contribution in [0.2, 0.25) is 0 Å². The molecule has 0 aliphatic carbocycles. The zero-order valence-electron chi connectivity index (χ0n) is 15.3. The molecule has 1 aliphatic heterocycles. The Bertz CT molecular complexity index is 856. The Morgan fingerprint density at radius 3 is 2.48 bits per heavy atom. The van der Waals surface area contributed by atoms with E-state index in [1.165, 1.54) is 17.7 Å². The molecule has 7 heteroatoms. The van der Waals surface area contributed by atoms with Crippen molar-refractivity contribution < 1.29 is 4.39 Å². The van der Waals surface area contributed by atoms with Crippen molar-refractivity contribution in [3.8, 4) is 11.3 Å². The standard InChI is InChI=1S/C20H23FN6/c1-2-18(16-13-24-25-14-16)26-9-11-27(12-10-26)20-19(22-7-8-23-20)15-3-5-17(21)6-4-15/h3-8,13-14,18H,2,9-12H2,1H3,(H,24,25). The van der Waals surface area contributed by atoms with E-state index < -0.39 is 0 Å². The van der Waals surface area contributed by atoms with E-state index in [0.717, 1.165) is 49.7 Å². The minimum Gasteiger partial charge on any atom is -0.352 e. The average Bonchev–Trinajstić information content (AvgIpc) is 3.24. The first kappa shape index (κ1) is 17.6. The number of aromatic amines is 1.